The Morgan fingerprint density at radius 2 is 1.77 bits per heavy atom. The first-order valence-electron chi connectivity index (χ1n) is 8.44. The molecule has 2 amide bonds. The second-order valence-electron chi connectivity index (χ2n) is 6.37. The normalized spacial score (nSPS) is 10.7. The number of anilines is 1. The molecule has 0 unspecified atom stereocenters. The maximum absolute atomic E-state index is 12.3. The van der Waals surface area contributed by atoms with Gasteiger partial charge in [0.25, 0.3) is 5.91 Å². The molecule has 0 fully saturated rings. The molecule has 0 bridgehead atoms. The van der Waals surface area contributed by atoms with Crippen molar-refractivity contribution in [2.24, 2.45) is 0 Å². The number of hydrogen-bond donors (Lipinski definition) is 2. The lowest BCUT2D eigenvalue weighted by Crippen LogP contribution is -2.31. The van der Waals surface area contributed by atoms with Crippen molar-refractivity contribution in [1.82, 2.24) is 10.2 Å². The van der Waals surface area contributed by atoms with Crippen LogP contribution in [0.1, 0.15) is 22.8 Å². The summed E-state index contributed by atoms with van der Waals surface area (Å²) >= 11 is 1.55. The van der Waals surface area contributed by atoms with Crippen LogP contribution < -0.4 is 10.6 Å². The molecule has 0 saturated heterocycles. The molecule has 0 aliphatic carbocycles. The van der Waals surface area contributed by atoms with Crippen LogP contribution in [-0.4, -0.2) is 43.9 Å². The van der Waals surface area contributed by atoms with E-state index in [4.69, 9.17) is 0 Å². The first-order chi connectivity index (χ1) is 12.3. The number of carbonyl (C=O) groups excluding carboxylic acids is 2. The Bertz CT molecular complexity index is 773. The Morgan fingerprint density at radius 1 is 1.08 bits per heavy atom. The molecule has 0 heterocycles. The molecule has 6 heteroatoms. The number of nitrogens with one attached hydrogen (secondary N) is 2. The smallest absolute Gasteiger partial charge is 0.251 e. The second kappa shape index (κ2) is 9.40. The fraction of sp³-hybridized carbons (Fsp3) is 0.300. The first kappa shape index (κ1) is 20.0. The molecule has 2 N–H and O–H groups in total. The van der Waals surface area contributed by atoms with Crippen LogP contribution in [0.5, 0.6) is 0 Å². The minimum atomic E-state index is -0.166. The maximum atomic E-state index is 12.3. The number of amides is 2. The third kappa shape index (κ3) is 6.20. The average Bonchev–Trinajstić information content (AvgIpc) is 2.57. The molecular formula is C20H25N3O2S. The largest absolute Gasteiger partial charge is 0.351 e. The number of aryl methyl sites for hydroxylation is 1. The standard InChI is InChI=1S/C20H25N3O2S/c1-14-5-8-17(9-6-14)26-19-10-7-16(13-18(19)22-15(2)24)20(25)21-11-12-23(3)4/h5-10,13H,11-12H2,1-4H3,(H,21,25)(H,22,24). The van der Waals surface area contributed by atoms with Gasteiger partial charge >= 0.3 is 0 Å². The predicted molar refractivity (Wildman–Crippen MR) is 107 cm³/mol. The zero-order valence-corrected chi connectivity index (χ0v) is 16.4. The van der Waals surface area contributed by atoms with Crippen LogP contribution >= 0.6 is 11.8 Å². The van der Waals surface area contributed by atoms with Gasteiger partial charge in [-0.3, -0.25) is 9.59 Å². The van der Waals surface area contributed by atoms with Crippen molar-refractivity contribution >= 4 is 29.3 Å². The lowest BCUT2D eigenvalue weighted by molar-refractivity contribution is -0.114. The molecule has 138 valence electrons. The summed E-state index contributed by atoms with van der Waals surface area (Å²) in [4.78, 5) is 27.9. The van der Waals surface area contributed by atoms with Gasteiger partial charge in [0.2, 0.25) is 5.91 Å². The van der Waals surface area contributed by atoms with Gasteiger partial charge in [-0.15, -0.1) is 0 Å². The molecule has 0 spiro atoms. The molecule has 2 aromatic rings. The van der Waals surface area contributed by atoms with E-state index in [1.165, 1.54) is 12.5 Å². The van der Waals surface area contributed by atoms with Crippen molar-refractivity contribution in [3.63, 3.8) is 0 Å². The first-order valence-corrected chi connectivity index (χ1v) is 9.26. The van der Waals surface area contributed by atoms with Gasteiger partial charge in [0, 0.05) is 35.4 Å². The third-order valence-electron chi connectivity index (χ3n) is 3.65. The number of rotatable bonds is 7. The molecule has 0 atom stereocenters. The molecular weight excluding hydrogens is 346 g/mol. The van der Waals surface area contributed by atoms with E-state index < -0.39 is 0 Å². The summed E-state index contributed by atoms with van der Waals surface area (Å²) in [6.07, 6.45) is 0. The number of carbonyl (C=O) groups is 2. The zero-order valence-electron chi connectivity index (χ0n) is 15.6. The van der Waals surface area contributed by atoms with Gasteiger partial charge in [0.05, 0.1) is 5.69 Å². The topological polar surface area (TPSA) is 61.4 Å². The van der Waals surface area contributed by atoms with E-state index in [-0.39, 0.29) is 11.8 Å². The van der Waals surface area contributed by atoms with Crippen LogP contribution in [0.4, 0.5) is 5.69 Å². The zero-order chi connectivity index (χ0) is 19.1. The Kier molecular flexibility index (Phi) is 7.24. The summed E-state index contributed by atoms with van der Waals surface area (Å²) in [7, 11) is 3.91. The highest BCUT2D eigenvalue weighted by molar-refractivity contribution is 7.99. The molecule has 0 saturated carbocycles. The van der Waals surface area contributed by atoms with Crippen molar-refractivity contribution in [3.8, 4) is 0 Å². The van der Waals surface area contributed by atoms with Crippen molar-refractivity contribution in [1.29, 1.82) is 0 Å². The van der Waals surface area contributed by atoms with Gasteiger partial charge in [-0.1, -0.05) is 29.5 Å². The third-order valence-corrected chi connectivity index (χ3v) is 4.73. The van der Waals surface area contributed by atoms with Crippen molar-refractivity contribution in [2.45, 2.75) is 23.6 Å². The summed E-state index contributed by atoms with van der Waals surface area (Å²) in [6.45, 7) is 4.85. The highest BCUT2D eigenvalue weighted by Crippen LogP contribution is 2.34. The van der Waals surface area contributed by atoms with E-state index in [9.17, 15) is 9.59 Å². The average molecular weight is 372 g/mol. The summed E-state index contributed by atoms with van der Waals surface area (Å²) in [5, 5.41) is 5.71. The van der Waals surface area contributed by atoms with Gasteiger partial charge in [-0.2, -0.15) is 0 Å². The van der Waals surface area contributed by atoms with Crippen LogP contribution in [-0.2, 0) is 4.79 Å². The summed E-state index contributed by atoms with van der Waals surface area (Å²) in [6, 6.07) is 13.6. The summed E-state index contributed by atoms with van der Waals surface area (Å²) in [5.74, 6) is -0.314. The second-order valence-corrected chi connectivity index (χ2v) is 7.48. The molecule has 0 aromatic heterocycles. The number of hydrogen-bond acceptors (Lipinski definition) is 4. The maximum Gasteiger partial charge on any atom is 0.251 e. The number of likely N-dealkylation sites (N-methyl/N-ethyl adjacent to an activating group) is 1. The van der Waals surface area contributed by atoms with Crippen molar-refractivity contribution < 1.29 is 9.59 Å². The van der Waals surface area contributed by atoms with Crippen LogP contribution in [0.25, 0.3) is 0 Å². The van der Waals surface area contributed by atoms with Gasteiger partial charge in [-0.05, 0) is 51.4 Å². The van der Waals surface area contributed by atoms with Crippen molar-refractivity contribution in [2.75, 3.05) is 32.5 Å². The predicted octanol–water partition coefficient (Wildman–Crippen LogP) is 3.40. The quantitative estimate of drug-likeness (QED) is 0.783. The van der Waals surface area contributed by atoms with E-state index in [0.717, 1.165) is 16.3 Å². The lowest BCUT2D eigenvalue weighted by atomic mass is 10.2. The van der Waals surface area contributed by atoms with E-state index in [1.54, 1.807) is 23.9 Å². The van der Waals surface area contributed by atoms with E-state index in [0.29, 0.717) is 17.8 Å². The summed E-state index contributed by atoms with van der Waals surface area (Å²) in [5.41, 5.74) is 2.37. The minimum absolute atomic E-state index is 0.148. The Balaban J connectivity index is 2.19. The van der Waals surface area contributed by atoms with Gasteiger partial charge in [0.15, 0.2) is 0 Å². The number of benzene rings is 2. The fourth-order valence-corrected chi connectivity index (χ4v) is 3.16. The molecule has 26 heavy (non-hydrogen) atoms. The van der Waals surface area contributed by atoms with Crippen LogP contribution in [0.3, 0.4) is 0 Å². The number of nitrogens with zero attached hydrogens (tertiary/aromatic N) is 1. The van der Waals surface area contributed by atoms with E-state index in [2.05, 4.69) is 10.6 Å². The summed E-state index contributed by atoms with van der Waals surface area (Å²) < 4.78 is 0. The van der Waals surface area contributed by atoms with E-state index in [1.807, 2.05) is 56.3 Å². The Hall–Kier alpha value is -2.31. The molecule has 5 nitrogen and oxygen atoms in total. The molecule has 0 radical (unpaired) electrons. The lowest BCUT2D eigenvalue weighted by Gasteiger charge is -2.13. The monoisotopic (exact) mass is 371 g/mol. The molecule has 0 aliphatic heterocycles. The highest BCUT2D eigenvalue weighted by Gasteiger charge is 2.12. The van der Waals surface area contributed by atoms with E-state index >= 15 is 0 Å². The van der Waals surface area contributed by atoms with Gasteiger partial charge in [-0.25, -0.2) is 0 Å². The highest BCUT2D eigenvalue weighted by atomic mass is 32.2. The molecule has 2 rings (SSSR count). The van der Waals surface area contributed by atoms with Gasteiger partial charge < -0.3 is 15.5 Å². The van der Waals surface area contributed by atoms with Crippen LogP contribution in [0, 0.1) is 6.92 Å². The minimum Gasteiger partial charge on any atom is -0.351 e. The fourth-order valence-electron chi connectivity index (χ4n) is 2.28. The van der Waals surface area contributed by atoms with Crippen molar-refractivity contribution in [3.05, 3.63) is 53.6 Å². The Labute approximate surface area is 159 Å². The van der Waals surface area contributed by atoms with Crippen LogP contribution in [0.15, 0.2) is 52.3 Å². The van der Waals surface area contributed by atoms with Gasteiger partial charge in [0.1, 0.15) is 0 Å². The molecule has 2 aromatic carbocycles. The van der Waals surface area contributed by atoms with Crippen LogP contribution in [0.2, 0.25) is 0 Å². The SMILES string of the molecule is CC(=O)Nc1cc(C(=O)NCCN(C)C)ccc1Sc1ccc(C)cc1. The Morgan fingerprint density at radius 3 is 2.38 bits per heavy atom. The molecule has 0 aliphatic rings.